The van der Waals surface area contributed by atoms with Crippen molar-refractivity contribution in [3.05, 3.63) is 58.4 Å². The van der Waals surface area contributed by atoms with Gasteiger partial charge in [-0.05, 0) is 44.2 Å². The number of halogens is 1. The van der Waals surface area contributed by atoms with Crippen LogP contribution in [0.3, 0.4) is 0 Å². The molecule has 0 aliphatic carbocycles. The Hall–Kier alpha value is -2.94. The molecule has 0 saturated carbocycles. The van der Waals surface area contributed by atoms with Gasteiger partial charge in [-0.15, -0.1) is 11.3 Å². The number of amides is 2. The molecule has 0 radical (unpaired) electrons. The van der Waals surface area contributed by atoms with E-state index in [2.05, 4.69) is 20.5 Å². The zero-order valence-electron chi connectivity index (χ0n) is 18.6. The van der Waals surface area contributed by atoms with E-state index in [1.165, 1.54) is 18.3 Å². The number of aromatic nitrogens is 1. The fraction of sp³-hybridized carbons (Fsp3) is 0.292. The first kappa shape index (κ1) is 23.2. The highest BCUT2D eigenvalue weighted by Crippen LogP contribution is 2.29. The van der Waals surface area contributed by atoms with E-state index < -0.39 is 0 Å². The van der Waals surface area contributed by atoms with E-state index in [0.29, 0.717) is 21.4 Å². The maximum atomic E-state index is 12.9. The van der Waals surface area contributed by atoms with Gasteiger partial charge >= 0.3 is 0 Å². The van der Waals surface area contributed by atoms with Crippen molar-refractivity contribution in [1.82, 2.24) is 4.98 Å². The number of hydrogen-bond acceptors (Lipinski definition) is 6. The molecule has 0 spiro atoms. The summed E-state index contributed by atoms with van der Waals surface area (Å²) in [7, 11) is 0. The molecule has 172 valence electrons. The second-order valence-corrected chi connectivity index (χ2v) is 9.35. The number of rotatable bonds is 5. The lowest BCUT2D eigenvalue weighted by atomic mass is 10.1. The van der Waals surface area contributed by atoms with E-state index in [1.54, 1.807) is 12.1 Å². The lowest BCUT2D eigenvalue weighted by molar-refractivity contribution is -0.114. The van der Waals surface area contributed by atoms with Crippen LogP contribution < -0.4 is 15.5 Å². The molecule has 2 heterocycles. The van der Waals surface area contributed by atoms with Gasteiger partial charge in [-0.25, -0.2) is 4.98 Å². The molecule has 3 aromatic rings. The van der Waals surface area contributed by atoms with Gasteiger partial charge in [0.1, 0.15) is 0 Å². The normalized spacial score (nSPS) is 18.1. The molecule has 9 heteroatoms. The van der Waals surface area contributed by atoms with Gasteiger partial charge in [-0.1, -0.05) is 23.7 Å². The molecule has 33 heavy (non-hydrogen) atoms. The Morgan fingerprint density at radius 2 is 1.88 bits per heavy atom. The number of morpholine rings is 1. The predicted molar refractivity (Wildman–Crippen MR) is 133 cm³/mol. The summed E-state index contributed by atoms with van der Waals surface area (Å²) in [6.45, 7) is 7.09. The number of ether oxygens (including phenoxy) is 1. The standard InChI is InChI=1S/C24H25ClN4O3S/c1-14-11-29(12-15(2)32-14)19-7-8-20(21(25)10-19)23(31)27-18-6-4-5-17(9-18)22-13-33-24(28-22)26-16(3)30/h4-10,13-15H,11-12H2,1-3H3,(H,27,31)(H,26,28,30)/t14-,15+. The van der Waals surface area contributed by atoms with Crippen molar-refractivity contribution in [1.29, 1.82) is 0 Å². The Kier molecular flexibility index (Phi) is 6.97. The van der Waals surface area contributed by atoms with E-state index in [0.717, 1.165) is 30.0 Å². The Morgan fingerprint density at radius 3 is 2.58 bits per heavy atom. The van der Waals surface area contributed by atoms with Crippen LogP contribution in [0, 0.1) is 0 Å². The third-order valence-corrected chi connectivity index (χ3v) is 6.26. The van der Waals surface area contributed by atoms with E-state index >= 15 is 0 Å². The van der Waals surface area contributed by atoms with Crippen molar-refractivity contribution >= 4 is 51.3 Å². The van der Waals surface area contributed by atoms with E-state index in [-0.39, 0.29) is 24.0 Å². The smallest absolute Gasteiger partial charge is 0.257 e. The molecule has 1 aliphatic rings. The van der Waals surface area contributed by atoms with Crippen molar-refractivity contribution < 1.29 is 14.3 Å². The number of anilines is 3. The van der Waals surface area contributed by atoms with Crippen molar-refractivity contribution in [2.24, 2.45) is 0 Å². The van der Waals surface area contributed by atoms with Crippen LogP contribution in [0.15, 0.2) is 47.8 Å². The summed E-state index contributed by atoms with van der Waals surface area (Å²) in [5.41, 5.74) is 3.55. The van der Waals surface area contributed by atoms with E-state index in [1.807, 2.05) is 49.6 Å². The highest BCUT2D eigenvalue weighted by atomic mass is 35.5. The van der Waals surface area contributed by atoms with Crippen LogP contribution in [0.5, 0.6) is 0 Å². The average molecular weight is 485 g/mol. The second-order valence-electron chi connectivity index (χ2n) is 8.08. The Labute approximate surface area is 201 Å². The zero-order chi connectivity index (χ0) is 23.5. The minimum absolute atomic E-state index is 0.134. The molecule has 2 amide bonds. The molecule has 4 rings (SSSR count). The number of thiazole rings is 1. The minimum atomic E-state index is -0.287. The number of carbonyl (C=O) groups excluding carboxylic acids is 2. The third-order valence-electron chi connectivity index (χ3n) is 5.19. The Morgan fingerprint density at radius 1 is 1.12 bits per heavy atom. The van der Waals surface area contributed by atoms with Crippen molar-refractivity contribution in [2.45, 2.75) is 33.0 Å². The molecule has 2 N–H and O–H groups in total. The first-order valence-corrected chi connectivity index (χ1v) is 11.9. The van der Waals surface area contributed by atoms with Gasteiger partial charge in [0.25, 0.3) is 5.91 Å². The highest BCUT2D eigenvalue weighted by Gasteiger charge is 2.23. The van der Waals surface area contributed by atoms with Gasteiger partial charge in [-0.2, -0.15) is 0 Å². The molecule has 1 fully saturated rings. The molecule has 1 aromatic heterocycles. The average Bonchev–Trinajstić information content (AvgIpc) is 3.21. The second kappa shape index (κ2) is 9.91. The number of nitrogens with zero attached hydrogens (tertiary/aromatic N) is 2. The molecular weight excluding hydrogens is 460 g/mol. The Bertz CT molecular complexity index is 1170. The predicted octanol–water partition coefficient (Wildman–Crippen LogP) is 5.29. The quantitative estimate of drug-likeness (QED) is 0.514. The first-order chi connectivity index (χ1) is 15.8. The van der Waals surface area contributed by atoms with Gasteiger partial charge in [-0.3, -0.25) is 9.59 Å². The van der Waals surface area contributed by atoms with Crippen molar-refractivity contribution in [3.8, 4) is 11.3 Å². The van der Waals surface area contributed by atoms with Crippen LogP contribution in [-0.2, 0) is 9.53 Å². The largest absolute Gasteiger partial charge is 0.372 e. The van der Waals surface area contributed by atoms with E-state index in [4.69, 9.17) is 16.3 Å². The van der Waals surface area contributed by atoms with Crippen LogP contribution >= 0.6 is 22.9 Å². The minimum Gasteiger partial charge on any atom is -0.372 e. The lowest BCUT2D eigenvalue weighted by Crippen LogP contribution is -2.45. The topological polar surface area (TPSA) is 83.6 Å². The van der Waals surface area contributed by atoms with Crippen LogP contribution in [0.2, 0.25) is 5.02 Å². The summed E-state index contributed by atoms with van der Waals surface area (Å²) in [5.74, 6) is -0.456. The Balaban J connectivity index is 1.48. The summed E-state index contributed by atoms with van der Waals surface area (Å²) in [5, 5.41) is 8.37. The number of carbonyl (C=O) groups is 2. The van der Waals surface area contributed by atoms with Crippen LogP contribution in [0.1, 0.15) is 31.1 Å². The molecule has 1 saturated heterocycles. The molecule has 2 atom stereocenters. The molecule has 0 bridgehead atoms. The van der Waals surface area contributed by atoms with Gasteiger partial charge in [0.15, 0.2) is 5.13 Å². The summed E-state index contributed by atoms with van der Waals surface area (Å²) >= 11 is 7.84. The molecule has 0 unspecified atom stereocenters. The van der Waals surface area contributed by atoms with Crippen LogP contribution in [0.4, 0.5) is 16.5 Å². The molecular formula is C24H25ClN4O3S. The SMILES string of the molecule is CC(=O)Nc1nc(-c2cccc(NC(=O)c3ccc(N4C[C@@H](C)O[C@@H](C)C4)cc3Cl)c2)cs1. The monoisotopic (exact) mass is 484 g/mol. The number of hydrogen-bond donors (Lipinski definition) is 2. The number of benzene rings is 2. The summed E-state index contributed by atoms with van der Waals surface area (Å²) in [6.07, 6.45) is 0.268. The third kappa shape index (κ3) is 5.71. The molecule has 2 aromatic carbocycles. The summed E-state index contributed by atoms with van der Waals surface area (Å²) < 4.78 is 5.80. The van der Waals surface area contributed by atoms with Gasteiger partial charge in [0.2, 0.25) is 5.91 Å². The van der Waals surface area contributed by atoms with Gasteiger partial charge in [0, 0.05) is 42.3 Å². The van der Waals surface area contributed by atoms with Crippen molar-refractivity contribution in [3.63, 3.8) is 0 Å². The fourth-order valence-corrected chi connectivity index (χ4v) is 4.87. The van der Waals surface area contributed by atoms with Gasteiger partial charge in [0.05, 0.1) is 28.5 Å². The lowest BCUT2D eigenvalue weighted by Gasteiger charge is -2.37. The van der Waals surface area contributed by atoms with Crippen molar-refractivity contribution in [2.75, 3.05) is 28.6 Å². The maximum Gasteiger partial charge on any atom is 0.257 e. The zero-order valence-corrected chi connectivity index (χ0v) is 20.2. The number of nitrogens with one attached hydrogen (secondary N) is 2. The van der Waals surface area contributed by atoms with Crippen LogP contribution in [-0.4, -0.2) is 42.1 Å². The summed E-state index contributed by atoms with van der Waals surface area (Å²) in [4.78, 5) is 30.8. The van der Waals surface area contributed by atoms with E-state index in [9.17, 15) is 9.59 Å². The maximum absolute atomic E-state index is 12.9. The summed E-state index contributed by atoms with van der Waals surface area (Å²) in [6, 6.07) is 12.9. The fourth-order valence-electron chi connectivity index (χ4n) is 3.84. The van der Waals surface area contributed by atoms with Gasteiger partial charge < -0.3 is 20.3 Å². The van der Waals surface area contributed by atoms with Crippen LogP contribution in [0.25, 0.3) is 11.3 Å². The highest BCUT2D eigenvalue weighted by molar-refractivity contribution is 7.14. The molecule has 7 nitrogen and oxygen atoms in total. The molecule has 1 aliphatic heterocycles. The first-order valence-electron chi connectivity index (χ1n) is 10.6.